The zero-order valence-corrected chi connectivity index (χ0v) is 24.3. The molecule has 12 unspecified atom stereocenters. The standard InChI is InChI=1S/C24H48P4/c1-13-14(2)20(8)25(19(13)7)28(26-21(9)15(3)16(4)22(26)10)27-23(11)17(5)18(6)24(27)12/h13-24H,1-12H3. The van der Waals surface area contributed by atoms with Gasteiger partial charge >= 0.3 is 0 Å². The average molecular weight is 461 g/mol. The molecule has 0 amide bonds. The fraction of sp³-hybridized carbons (Fsp3) is 1.00. The third kappa shape index (κ3) is 3.64. The van der Waals surface area contributed by atoms with Gasteiger partial charge in [-0.2, -0.15) is 0 Å². The van der Waals surface area contributed by atoms with Crippen LogP contribution >= 0.6 is 29.8 Å². The summed E-state index contributed by atoms with van der Waals surface area (Å²) in [4.78, 5) is 0. The zero-order chi connectivity index (χ0) is 21.2. The maximum absolute atomic E-state index is 2.69. The van der Waals surface area contributed by atoms with Gasteiger partial charge < -0.3 is 0 Å². The van der Waals surface area contributed by atoms with Crippen LogP contribution in [0, 0.1) is 35.5 Å². The van der Waals surface area contributed by atoms with Crippen molar-refractivity contribution >= 4 is 29.8 Å². The maximum atomic E-state index is 2.69. The Labute approximate surface area is 182 Å². The third-order valence-electron chi connectivity index (χ3n) is 10.2. The predicted molar refractivity (Wildman–Crippen MR) is 139 cm³/mol. The molecule has 4 heteroatoms. The molecule has 0 aromatic rings. The molecular weight excluding hydrogens is 412 g/mol. The predicted octanol–water partition coefficient (Wildman–Crippen LogP) is 9.85. The molecule has 0 nitrogen and oxygen atoms in total. The van der Waals surface area contributed by atoms with Crippen LogP contribution in [-0.2, 0) is 0 Å². The minimum absolute atomic E-state index is 0.208. The summed E-state index contributed by atoms with van der Waals surface area (Å²) in [5.41, 5.74) is 6.04. The quantitative estimate of drug-likeness (QED) is 0.368. The van der Waals surface area contributed by atoms with Gasteiger partial charge in [-0.1, -0.05) is 106 Å². The monoisotopic (exact) mass is 460 g/mol. The lowest BCUT2D eigenvalue weighted by atomic mass is 9.92. The van der Waals surface area contributed by atoms with E-state index in [4.69, 9.17) is 0 Å². The highest BCUT2D eigenvalue weighted by Crippen LogP contribution is 3.08. The summed E-state index contributed by atoms with van der Waals surface area (Å²) in [6.45, 7) is 32.0. The van der Waals surface area contributed by atoms with Crippen molar-refractivity contribution in [1.82, 2.24) is 0 Å². The van der Waals surface area contributed by atoms with Crippen LogP contribution in [-0.4, -0.2) is 34.0 Å². The van der Waals surface area contributed by atoms with Gasteiger partial charge in [0.2, 0.25) is 0 Å². The van der Waals surface area contributed by atoms with Crippen molar-refractivity contribution in [3.8, 4) is 0 Å². The lowest BCUT2D eigenvalue weighted by molar-refractivity contribution is 0.413. The van der Waals surface area contributed by atoms with E-state index in [0.29, 0.717) is 0 Å². The molecule has 3 heterocycles. The van der Waals surface area contributed by atoms with Gasteiger partial charge in [-0.3, -0.25) is 0 Å². The summed E-state index contributed by atoms with van der Waals surface area (Å²) in [5.74, 6) is 5.68. The van der Waals surface area contributed by atoms with Crippen LogP contribution in [0.4, 0.5) is 0 Å². The van der Waals surface area contributed by atoms with Gasteiger partial charge in [-0.25, -0.2) is 0 Å². The molecule has 0 radical (unpaired) electrons. The Balaban J connectivity index is 2.08. The molecule has 3 aliphatic heterocycles. The minimum atomic E-state index is 0.208. The van der Waals surface area contributed by atoms with Crippen LogP contribution in [0.2, 0.25) is 0 Å². The van der Waals surface area contributed by atoms with E-state index >= 15 is 0 Å². The van der Waals surface area contributed by atoms with E-state index in [1.54, 1.807) is 0 Å². The van der Waals surface area contributed by atoms with Crippen molar-refractivity contribution in [3.05, 3.63) is 0 Å². The molecular formula is C24H48P4. The molecule has 0 saturated carbocycles. The number of rotatable bonds is 3. The highest BCUT2D eigenvalue weighted by Gasteiger charge is 2.58. The van der Waals surface area contributed by atoms with Crippen molar-refractivity contribution in [2.75, 3.05) is 0 Å². The molecule has 0 aromatic carbocycles. The van der Waals surface area contributed by atoms with E-state index in [1.165, 1.54) is 0 Å². The summed E-state index contributed by atoms with van der Waals surface area (Å²) in [7, 11) is 0.624. The largest absolute Gasteiger partial charge is 0.0656 e. The second-order valence-electron chi connectivity index (χ2n) is 11.0. The van der Waals surface area contributed by atoms with Crippen LogP contribution in [0.3, 0.4) is 0 Å². The van der Waals surface area contributed by atoms with Gasteiger partial charge in [-0.05, 0) is 76.4 Å². The van der Waals surface area contributed by atoms with E-state index in [-0.39, 0.29) is 29.8 Å². The van der Waals surface area contributed by atoms with E-state index in [0.717, 1.165) is 69.5 Å². The van der Waals surface area contributed by atoms with Crippen LogP contribution in [0.25, 0.3) is 0 Å². The van der Waals surface area contributed by atoms with Crippen LogP contribution in [0.5, 0.6) is 0 Å². The summed E-state index contributed by atoms with van der Waals surface area (Å²) in [5, 5.41) is 0. The molecule has 3 saturated heterocycles. The molecule has 28 heavy (non-hydrogen) atoms. The molecule has 3 fully saturated rings. The van der Waals surface area contributed by atoms with Crippen LogP contribution in [0.1, 0.15) is 83.1 Å². The first-order valence-electron chi connectivity index (χ1n) is 12.1. The van der Waals surface area contributed by atoms with Gasteiger partial charge in [0, 0.05) is 0 Å². The van der Waals surface area contributed by atoms with Crippen LogP contribution < -0.4 is 0 Å². The normalized spacial score (nSPS) is 61.1. The van der Waals surface area contributed by atoms with E-state index in [2.05, 4.69) is 83.1 Å². The molecule has 3 aliphatic rings. The van der Waals surface area contributed by atoms with Gasteiger partial charge in [0.25, 0.3) is 0 Å². The van der Waals surface area contributed by atoms with Gasteiger partial charge in [0.05, 0.1) is 0 Å². The van der Waals surface area contributed by atoms with Gasteiger partial charge in [0.15, 0.2) is 0 Å². The zero-order valence-electron chi connectivity index (χ0n) is 20.7. The molecule has 3 rings (SSSR count). The van der Waals surface area contributed by atoms with Gasteiger partial charge in [-0.15, -0.1) is 0 Å². The molecule has 164 valence electrons. The number of hydrogen-bond acceptors (Lipinski definition) is 0. The topological polar surface area (TPSA) is 0 Å². The smallest absolute Gasteiger partial charge is 0.0162 e. The third-order valence-corrected chi connectivity index (χ3v) is 40.7. The first kappa shape index (κ1) is 24.4. The first-order chi connectivity index (χ1) is 12.9. The Morgan fingerprint density at radius 1 is 0.321 bits per heavy atom. The van der Waals surface area contributed by atoms with Crippen LogP contribution in [0.15, 0.2) is 0 Å². The Bertz CT molecular complexity index is 435. The Kier molecular flexibility index (Phi) is 7.77. The Morgan fingerprint density at radius 2 is 0.464 bits per heavy atom. The lowest BCUT2D eigenvalue weighted by Crippen LogP contribution is -2.12. The summed E-state index contributed by atoms with van der Waals surface area (Å²) >= 11 is 0. The SMILES string of the molecule is CC1C(C)C(C)P(P(P2C(C)C(C)C(C)C2C)P2C(C)C(C)C(C)C2C)C1C. The Morgan fingerprint density at radius 3 is 0.607 bits per heavy atom. The molecule has 0 spiro atoms. The summed E-state index contributed by atoms with van der Waals surface area (Å²) < 4.78 is 0. The van der Waals surface area contributed by atoms with Crippen molar-refractivity contribution in [1.29, 1.82) is 0 Å². The summed E-state index contributed by atoms with van der Waals surface area (Å²) in [6.07, 6.45) is 0. The van der Waals surface area contributed by atoms with E-state index in [1.807, 2.05) is 0 Å². The molecule has 12 atom stereocenters. The van der Waals surface area contributed by atoms with Crippen molar-refractivity contribution in [2.24, 2.45) is 35.5 Å². The van der Waals surface area contributed by atoms with Crippen molar-refractivity contribution < 1.29 is 0 Å². The average Bonchev–Trinajstić information content (AvgIpc) is 3.06. The second-order valence-corrected chi connectivity index (χ2v) is 29.3. The van der Waals surface area contributed by atoms with Gasteiger partial charge in [0.1, 0.15) is 0 Å². The second kappa shape index (κ2) is 8.93. The van der Waals surface area contributed by atoms with Crippen molar-refractivity contribution in [2.45, 2.75) is 117 Å². The molecule has 0 aliphatic carbocycles. The molecule has 0 bridgehead atoms. The number of hydrogen-bond donors (Lipinski definition) is 0. The highest BCUT2D eigenvalue weighted by molar-refractivity contribution is 8.84. The minimum Gasteiger partial charge on any atom is -0.0656 e. The fourth-order valence-electron chi connectivity index (χ4n) is 6.53. The lowest BCUT2D eigenvalue weighted by Gasteiger charge is -2.47. The summed E-state index contributed by atoms with van der Waals surface area (Å²) in [6, 6.07) is 0. The first-order valence-corrected chi connectivity index (χ1v) is 20.0. The van der Waals surface area contributed by atoms with Crippen molar-refractivity contribution in [3.63, 3.8) is 0 Å². The maximum Gasteiger partial charge on any atom is -0.0162 e. The van der Waals surface area contributed by atoms with E-state index < -0.39 is 0 Å². The fourth-order valence-corrected chi connectivity index (χ4v) is 51.8. The molecule has 0 N–H and O–H groups in total. The Hall–Kier alpha value is 1.72. The van der Waals surface area contributed by atoms with E-state index in [9.17, 15) is 0 Å². The highest BCUT2D eigenvalue weighted by atomic mass is 32.8. The molecule has 0 aromatic heterocycles.